The van der Waals surface area contributed by atoms with Gasteiger partial charge >= 0.3 is 6.03 Å². The minimum atomic E-state index is -0.199. The summed E-state index contributed by atoms with van der Waals surface area (Å²) in [7, 11) is 0. The second kappa shape index (κ2) is 7.62. The van der Waals surface area contributed by atoms with E-state index in [4.69, 9.17) is 4.42 Å². The third-order valence-electron chi connectivity index (χ3n) is 5.67. The van der Waals surface area contributed by atoms with Crippen LogP contribution in [0.15, 0.2) is 34.7 Å². The first-order chi connectivity index (χ1) is 13.1. The van der Waals surface area contributed by atoms with Crippen LogP contribution in [0, 0.1) is 5.92 Å². The Kier molecular flexibility index (Phi) is 5.05. The number of fused-ring (bicyclic) bond motifs is 1. The third kappa shape index (κ3) is 3.80. The maximum Gasteiger partial charge on any atom is 0.320 e. The maximum atomic E-state index is 12.8. The molecule has 144 valence electrons. The van der Waals surface area contributed by atoms with Crippen molar-refractivity contribution in [3.63, 3.8) is 0 Å². The first-order valence-corrected chi connectivity index (χ1v) is 9.94. The number of rotatable bonds is 3. The first kappa shape index (κ1) is 17.9. The van der Waals surface area contributed by atoms with E-state index in [-0.39, 0.29) is 23.9 Å². The van der Waals surface area contributed by atoms with Crippen LogP contribution in [-0.2, 0) is 4.79 Å². The van der Waals surface area contributed by atoms with Gasteiger partial charge in [-0.3, -0.25) is 4.79 Å². The van der Waals surface area contributed by atoms with Gasteiger partial charge in [0.15, 0.2) is 0 Å². The summed E-state index contributed by atoms with van der Waals surface area (Å²) >= 11 is 0. The zero-order chi connectivity index (χ0) is 18.8. The van der Waals surface area contributed by atoms with Crippen molar-refractivity contribution in [1.29, 1.82) is 0 Å². The average Bonchev–Trinajstić information content (AvgIpc) is 3.37. The van der Waals surface area contributed by atoms with Gasteiger partial charge in [0, 0.05) is 31.6 Å². The molecule has 2 fully saturated rings. The van der Waals surface area contributed by atoms with Gasteiger partial charge < -0.3 is 19.5 Å². The molecule has 2 saturated heterocycles. The number of amides is 3. The molecule has 1 aromatic carbocycles. The SMILES string of the molecule is C[C@@H](NC(=O)[C@@H]1CCCN(C(=O)N2CCCC2)C1)c1cc2ccccc2o1. The molecule has 2 aromatic rings. The van der Waals surface area contributed by atoms with Crippen molar-refractivity contribution in [2.75, 3.05) is 26.2 Å². The Morgan fingerprint density at radius 2 is 1.85 bits per heavy atom. The van der Waals surface area contributed by atoms with Crippen LogP contribution in [0.2, 0.25) is 0 Å². The van der Waals surface area contributed by atoms with Crippen LogP contribution < -0.4 is 5.32 Å². The smallest absolute Gasteiger partial charge is 0.320 e. The molecular weight excluding hydrogens is 342 g/mol. The van der Waals surface area contributed by atoms with Crippen LogP contribution in [0.1, 0.15) is 44.4 Å². The number of nitrogens with zero attached hydrogens (tertiary/aromatic N) is 2. The number of likely N-dealkylation sites (tertiary alicyclic amines) is 2. The molecule has 2 aliphatic rings. The second-order valence-corrected chi connectivity index (χ2v) is 7.68. The molecular formula is C21H27N3O3. The van der Waals surface area contributed by atoms with E-state index in [2.05, 4.69) is 5.32 Å². The lowest BCUT2D eigenvalue weighted by Gasteiger charge is -2.35. The van der Waals surface area contributed by atoms with Gasteiger partial charge in [-0.15, -0.1) is 0 Å². The van der Waals surface area contributed by atoms with E-state index < -0.39 is 0 Å². The van der Waals surface area contributed by atoms with Crippen LogP contribution in [0.3, 0.4) is 0 Å². The van der Waals surface area contributed by atoms with E-state index in [1.807, 2.05) is 47.1 Å². The molecule has 4 rings (SSSR count). The molecule has 2 aliphatic heterocycles. The minimum absolute atomic E-state index is 0.00174. The number of para-hydroxylation sites is 1. The van der Waals surface area contributed by atoms with E-state index in [0.29, 0.717) is 6.54 Å². The second-order valence-electron chi connectivity index (χ2n) is 7.68. The summed E-state index contributed by atoms with van der Waals surface area (Å²) in [5, 5.41) is 4.11. The van der Waals surface area contributed by atoms with Crippen LogP contribution in [0.25, 0.3) is 11.0 Å². The van der Waals surface area contributed by atoms with Crippen molar-refractivity contribution in [3.05, 3.63) is 36.1 Å². The lowest BCUT2D eigenvalue weighted by molar-refractivity contribution is -0.127. The summed E-state index contributed by atoms with van der Waals surface area (Å²) in [6.07, 6.45) is 3.86. The van der Waals surface area contributed by atoms with Gasteiger partial charge in [0.1, 0.15) is 11.3 Å². The molecule has 0 saturated carbocycles. The molecule has 6 nitrogen and oxygen atoms in total. The first-order valence-electron chi connectivity index (χ1n) is 9.94. The summed E-state index contributed by atoms with van der Waals surface area (Å²) in [6.45, 7) is 4.88. The Balaban J connectivity index is 1.37. The Hall–Kier alpha value is -2.50. The average molecular weight is 369 g/mol. The van der Waals surface area contributed by atoms with E-state index in [9.17, 15) is 9.59 Å². The zero-order valence-corrected chi connectivity index (χ0v) is 15.8. The predicted octanol–water partition coefficient (Wildman–Crippen LogP) is 3.54. The van der Waals surface area contributed by atoms with Gasteiger partial charge in [0.25, 0.3) is 0 Å². The molecule has 1 aromatic heterocycles. The molecule has 0 bridgehead atoms. The van der Waals surface area contributed by atoms with E-state index >= 15 is 0 Å². The Labute approximate surface area is 159 Å². The van der Waals surface area contributed by atoms with Gasteiger partial charge in [-0.25, -0.2) is 4.79 Å². The summed E-state index contributed by atoms with van der Waals surface area (Å²) in [5.41, 5.74) is 0.827. The highest BCUT2D eigenvalue weighted by atomic mass is 16.3. The highest BCUT2D eigenvalue weighted by molar-refractivity contribution is 5.82. The molecule has 3 amide bonds. The van der Waals surface area contributed by atoms with Crippen molar-refractivity contribution < 1.29 is 14.0 Å². The number of nitrogens with one attached hydrogen (secondary N) is 1. The fourth-order valence-corrected chi connectivity index (χ4v) is 4.09. The molecule has 0 radical (unpaired) electrons. The van der Waals surface area contributed by atoms with Gasteiger partial charge in [0.05, 0.1) is 12.0 Å². The molecule has 3 heterocycles. The van der Waals surface area contributed by atoms with Crippen molar-refractivity contribution in [1.82, 2.24) is 15.1 Å². The van der Waals surface area contributed by atoms with Gasteiger partial charge in [-0.2, -0.15) is 0 Å². The summed E-state index contributed by atoms with van der Waals surface area (Å²) in [5.74, 6) is 0.601. The van der Waals surface area contributed by atoms with Crippen LogP contribution in [-0.4, -0.2) is 47.9 Å². The molecule has 0 aliphatic carbocycles. The number of urea groups is 1. The summed E-state index contributed by atoms with van der Waals surface area (Å²) in [4.78, 5) is 29.2. The minimum Gasteiger partial charge on any atom is -0.459 e. The van der Waals surface area contributed by atoms with Crippen LogP contribution in [0.4, 0.5) is 4.79 Å². The fraction of sp³-hybridized carbons (Fsp3) is 0.524. The number of furan rings is 1. The molecule has 2 atom stereocenters. The van der Waals surface area contributed by atoms with Crippen molar-refractivity contribution in [2.24, 2.45) is 5.92 Å². The number of carbonyl (C=O) groups excluding carboxylic acids is 2. The van der Waals surface area contributed by atoms with Gasteiger partial charge in [-0.05, 0) is 44.7 Å². The standard InChI is InChI=1S/C21H27N3O3/c1-15(19-13-16-7-2-3-9-18(16)27-19)22-20(25)17-8-6-12-24(14-17)21(26)23-10-4-5-11-23/h2-3,7,9,13,15,17H,4-6,8,10-12,14H2,1H3,(H,22,25)/t15-,17-/m1/s1. The van der Waals surface area contributed by atoms with E-state index in [1.165, 1.54) is 0 Å². The van der Waals surface area contributed by atoms with Gasteiger partial charge in [-0.1, -0.05) is 18.2 Å². The highest BCUT2D eigenvalue weighted by Gasteiger charge is 2.32. The normalized spacial score (nSPS) is 21.4. The zero-order valence-electron chi connectivity index (χ0n) is 15.8. The molecule has 0 unspecified atom stereocenters. The van der Waals surface area contributed by atoms with Crippen molar-refractivity contribution in [3.8, 4) is 0 Å². The number of carbonyl (C=O) groups is 2. The number of hydrogen-bond acceptors (Lipinski definition) is 3. The maximum absolute atomic E-state index is 12.8. The molecule has 27 heavy (non-hydrogen) atoms. The van der Waals surface area contributed by atoms with Gasteiger partial charge in [0.2, 0.25) is 5.91 Å². The van der Waals surface area contributed by atoms with Crippen molar-refractivity contribution in [2.45, 2.75) is 38.6 Å². The molecule has 0 spiro atoms. The van der Waals surface area contributed by atoms with Crippen LogP contribution in [0.5, 0.6) is 0 Å². The molecule has 1 N–H and O–H groups in total. The number of piperidine rings is 1. The monoisotopic (exact) mass is 369 g/mol. The topological polar surface area (TPSA) is 65.8 Å². The Morgan fingerprint density at radius 3 is 2.63 bits per heavy atom. The van der Waals surface area contributed by atoms with Crippen LogP contribution >= 0.6 is 0 Å². The van der Waals surface area contributed by atoms with E-state index in [0.717, 1.165) is 62.0 Å². The number of hydrogen-bond donors (Lipinski definition) is 1. The predicted molar refractivity (Wildman–Crippen MR) is 103 cm³/mol. The largest absolute Gasteiger partial charge is 0.459 e. The summed E-state index contributed by atoms with van der Waals surface area (Å²) in [6, 6.07) is 9.71. The van der Waals surface area contributed by atoms with E-state index in [1.54, 1.807) is 0 Å². The Morgan fingerprint density at radius 1 is 1.11 bits per heavy atom. The summed E-state index contributed by atoms with van der Waals surface area (Å²) < 4.78 is 5.86. The van der Waals surface area contributed by atoms with Crippen molar-refractivity contribution >= 4 is 22.9 Å². The highest BCUT2D eigenvalue weighted by Crippen LogP contribution is 2.25. The lowest BCUT2D eigenvalue weighted by Crippen LogP contribution is -2.49. The third-order valence-corrected chi connectivity index (χ3v) is 5.67. The quantitative estimate of drug-likeness (QED) is 0.900. The number of benzene rings is 1. The lowest BCUT2D eigenvalue weighted by atomic mass is 9.97. The Bertz CT molecular complexity index is 792. The fourth-order valence-electron chi connectivity index (χ4n) is 4.09. The molecule has 6 heteroatoms.